The highest BCUT2D eigenvalue weighted by atomic mass is 35.5. The zero-order chi connectivity index (χ0) is 16.7. The van der Waals surface area contributed by atoms with Crippen molar-refractivity contribution in [3.8, 4) is 0 Å². The van der Waals surface area contributed by atoms with Crippen molar-refractivity contribution < 1.29 is 13.6 Å². The van der Waals surface area contributed by atoms with Crippen LogP contribution in [0.3, 0.4) is 0 Å². The second-order valence-electron chi connectivity index (χ2n) is 5.04. The molecule has 0 atom stereocenters. The molecule has 0 fully saturated rings. The molecule has 6 heteroatoms. The van der Waals surface area contributed by atoms with Crippen LogP contribution in [0.25, 0.3) is 0 Å². The summed E-state index contributed by atoms with van der Waals surface area (Å²) in [6, 6.07) is 11.0. The standard InChI is InChI=1S/C17H17ClF2N2O/c18-13-3-1-2-12(10-13)6-8-22-17(23)7-9-21-14-4-5-15(19)16(20)11-14/h1-5,10-11,21H,6-9H2,(H,22,23). The molecule has 122 valence electrons. The first-order chi connectivity index (χ1) is 11.0. The minimum Gasteiger partial charge on any atom is -0.384 e. The fraction of sp³-hybridized carbons (Fsp3) is 0.235. The number of benzene rings is 2. The third-order valence-corrected chi connectivity index (χ3v) is 3.46. The molecule has 0 unspecified atom stereocenters. The van der Waals surface area contributed by atoms with Gasteiger partial charge < -0.3 is 10.6 Å². The molecule has 1 amide bonds. The van der Waals surface area contributed by atoms with Gasteiger partial charge in [-0.15, -0.1) is 0 Å². The molecule has 0 saturated heterocycles. The number of rotatable bonds is 7. The summed E-state index contributed by atoms with van der Waals surface area (Å²) >= 11 is 5.89. The zero-order valence-corrected chi connectivity index (χ0v) is 13.2. The smallest absolute Gasteiger partial charge is 0.221 e. The molecule has 0 aliphatic heterocycles. The van der Waals surface area contributed by atoms with Gasteiger partial charge in [0, 0.05) is 30.2 Å². The van der Waals surface area contributed by atoms with Gasteiger partial charge in [0.2, 0.25) is 5.91 Å². The van der Waals surface area contributed by atoms with Crippen molar-refractivity contribution in [2.24, 2.45) is 0 Å². The van der Waals surface area contributed by atoms with Gasteiger partial charge in [0.05, 0.1) is 0 Å². The summed E-state index contributed by atoms with van der Waals surface area (Å²) in [4.78, 5) is 11.7. The maximum Gasteiger partial charge on any atom is 0.221 e. The largest absolute Gasteiger partial charge is 0.384 e. The van der Waals surface area contributed by atoms with Crippen LogP contribution in [0.2, 0.25) is 5.02 Å². The first kappa shape index (κ1) is 17.2. The Kier molecular flexibility index (Phi) is 6.35. The minimum absolute atomic E-state index is 0.109. The minimum atomic E-state index is -0.916. The summed E-state index contributed by atoms with van der Waals surface area (Å²) in [7, 11) is 0. The maximum absolute atomic E-state index is 13.0. The highest BCUT2D eigenvalue weighted by Gasteiger charge is 2.04. The van der Waals surface area contributed by atoms with Gasteiger partial charge >= 0.3 is 0 Å². The van der Waals surface area contributed by atoms with Gasteiger partial charge in [-0.1, -0.05) is 23.7 Å². The summed E-state index contributed by atoms with van der Waals surface area (Å²) in [6.45, 7) is 0.860. The number of hydrogen-bond donors (Lipinski definition) is 2. The number of halogens is 3. The number of carbonyl (C=O) groups excluding carboxylic acids is 1. The Labute approximate surface area is 138 Å². The van der Waals surface area contributed by atoms with Gasteiger partial charge in [-0.2, -0.15) is 0 Å². The summed E-state index contributed by atoms with van der Waals surface area (Å²) in [5.74, 6) is -1.92. The van der Waals surface area contributed by atoms with E-state index in [9.17, 15) is 13.6 Å². The molecule has 2 aromatic rings. The highest BCUT2D eigenvalue weighted by molar-refractivity contribution is 6.30. The molecule has 0 aliphatic rings. The van der Waals surface area contributed by atoms with Crippen LogP contribution in [0, 0.1) is 11.6 Å². The molecular weight excluding hydrogens is 322 g/mol. The van der Waals surface area contributed by atoms with Crippen LogP contribution in [0.1, 0.15) is 12.0 Å². The summed E-state index contributed by atoms with van der Waals surface area (Å²) < 4.78 is 25.8. The monoisotopic (exact) mass is 338 g/mol. The molecule has 23 heavy (non-hydrogen) atoms. The van der Waals surface area contributed by atoms with E-state index in [2.05, 4.69) is 10.6 Å². The van der Waals surface area contributed by atoms with Gasteiger partial charge in [-0.05, 0) is 42.3 Å². The van der Waals surface area contributed by atoms with Crippen LogP contribution in [0.15, 0.2) is 42.5 Å². The topological polar surface area (TPSA) is 41.1 Å². The van der Waals surface area contributed by atoms with Crippen LogP contribution in [-0.4, -0.2) is 19.0 Å². The van der Waals surface area contributed by atoms with Gasteiger partial charge in [0.25, 0.3) is 0 Å². The molecule has 2 aromatic carbocycles. The molecule has 2 rings (SSSR count). The van der Waals surface area contributed by atoms with Crippen LogP contribution in [-0.2, 0) is 11.2 Å². The molecule has 0 aromatic heterocycles. The molecule has 2 N–H and O–H groups in total. The van der Waals surface area contributed by atoms with E-state index in [0.29, 0.717) is 30.2 Å². The van der Waals surface area contributed by atoms with E-state index < -0.39 is 11.6 Å². The lowest BCUT2D eigenvalue weighted by molar-refractivity contribution is -0.120. The first-order valence-corrected chi connectivity index (χ1v) is 7.62. The van der Waals surface area contributed by atoms with Gasteiger partial charge in [-0.3, -0.25) is 4.79 Å². The van der Waals surface area contributed by atoms with Crippen LogP contribution in [0.4, 0.5) is 14.5 Å². The van der Waals surface area contributed by atoms with Crippen molar-refractivity contribution in [2.45, 2.75) is 12.8 Å². The molecule has 0 radical (unpaired) electrons. The predicted molar refractivity (Wildman–Crippen MR) is 87.6 cm³/mol. The fourth-order valence-corrected chi connectivity index (χ4v) is 2.27. The Morgan fingerprint density at radius 2 is 1.87 bits per heavy atom. The molecule has 0 aliphatic carbocycles. The Bertz CT molecular complexity index is 679. The SMILES string of the molecule is O=C(CCNc1ccc(F)c(F)c1)NCCc1cccc(Cl)c1. The van der Waals surface area contributed by atoms with E-state index in [1.54, 1.807) is 6.07 Å². The molecule has 0 heterocycles. The number of carbonyl (C=O) groups is 1. The number of nitrogens with one attached hydrogen (secondary N) is 2. The highest BCUT2D eigenvalue weighted by Crippen LogP contribution is 2.13. The average Bonchev–Trinajstić information content (AvgIpc) is 2.51. The lowest BCUT2D eigenvalue weighted by atomic mass is 10.1. The summed E-state index contributed by atoms with van der Waals surface area (Å²) in [6.07, 6.45) is 0.942. The normalized spacial score (nSPS) is 10.4. The number of hydrogen-bond acceptors (Lipinski definition) is 2. The summed E-state index contributed by atoms with van der Waals surface area (Å²) in [5.41, 5.74) is 1.49. The van der Waals surface area contributed by atoms with Gasteiger partial charge in [-0.25, -0.2) is 8.78 Å². The van der Waals surface area contributed by atoms with E-state index in [1.807, 2.05) is 18.2 Å². The quantitative estimate of drug-likeness (QED) is 0.806. The van der Waals surface area contributed by atoms with E-state index in [-0.39, 0.29) is 12.3 Å². The Morgan fingerprint density at radius 3 is 2.61 bits per heavy atom. The van der Waals surface area contributed by atoms with Gasteiger partial charge in [0.1, 0.15) is 0 Å². The van der Waals surface area contributed by atoms with Crippen molar-refractivity contribution >= 4 is 23.2 Å². The van der Waals surface area contributed by atoms with Gasteiger partial charge in [0.15, 0.2) is 11.6 Å². The molecular formula is C17H17ClF2N2O. The zero-order valence-electron chi connectivity index (χ0n) is 12.4. The Balaban J connectivity index is 1.66. The average molecular weight is 339 g/mol. The van der Waals surface area contributed by atoms with Crippen LogP contribution in [0.5, 0.6) is 0 Å². The Morgan fingerprint density at radius 1 is 1.04 bits per heavy atom. The lowest BCUT2D eigenvalue weighted by Crippen LogP contribution is -2.27. The summed E-state index contributed by atoms with van der Waals surface area (Å²) in [5, 5.41) is 6.35. The van der Waals surface area contributed by atoms with Crippen LogP contribution < -0.4 is 10.6 Å². The lowest BCUT2D eigenvalue weighted by Gasteiger charge is -2.08. The van der Waals surface area contributed by atoms with Crippen molar-refractivity contribution in [1.29, 1.82) is 0 Å². The third-order valence-electron chi connectivity index (χ3n) is 3.23. The number of anilines is 1. The second kappa shape index (κ2) is 8.48. The molecule has 0 spiro atoms. The second-order valence-corrected chi connectivity index (χ2v) is 5.47. The third kappa shape index (κ3) is 5.87. The molecule has 0 saturated carbocycles. The van der Waals surface area contributed by atoms with Crippen molar-refractivity contribution in [3.05, 3.63) is 64.7 Å². The van der Waals surface area contributed by atoms with Crippen molar-refractivity contribution in [1.82, 2.24) is 5.32 Å². The van der Waals surface area contributed by atoms with Crippen molar-refractivity contribution in [3.63, 3.8) is 0 Å². The van der Waals surface area contributed by atoms with Crippen molar-refractivity contribution in [2.75, 3.05) is 18.4 Å². The first-order valence-electron chi connectivity index (χ1n) is 7.24. The van der Waals surface area contributed by atoms with E-state index in [1.165, 1.54) is 6.07 Å². The molecule has 3 nitrogen and oxygen atoms in total. The van der Waals surface area contributed by atoms with E-state index in [4.69, 9.17) is 11.6 Å². The van der Waals surface area contributed by atoms with E-state index in [0.717, 1.165) is 17.7 Å². The fourth-order valence-electron chi connectivity index (χ4n) is 2.05. The maximum atomic E-state index is 13.0. The molecule has 0 bridgehead atoms. The van der Waals surface area contributed by atoms with E-state index >= 15 is 0 Å². The predicted octanol–water partition coefficient (Wildman–Crippen LogP) is 3.78. The van der Waals surface area contributed by atoms with Crippen LogP contribution >= 0.6 is 11.6 Å². The number of amides is 1. The Hall–Kier alpha value is -2.14.